The van der Waals surface area contributed by atoms with Gasteiger partial charge < -0.3 is 19.1 Å². The van der Waals surface area contributed by atoms with E-state index in [4.69, 9.17) is 14.2 Å². The van der Waals surface area contributed by atoms with Gasteiger partial charge in [-0.15, -0.1) is 0 Å². The number of H-pyrrole nitrogens is 1. The minimum Gasteiger partial charge on any atom is -0.381 e. The van der Waals surface area contributed by atoms with E-state index in [1.807, 2.05) is 28.5 Å². The van der Waals surface area contributed by atoms with Crippen LogP contribution in [0.15, 0.2) is 79.7 Å². The van der Waals surface area contributed by atoms with Crippen molar-refractivity contribution < 1.29 is 26.9 Å². The van der Waals surface area contributed by atoms with Crippen molar-refractivity contribution in [2.24, 2.45) is 5.92 Å². The predicted octanol–water partition coefficient (Wildman–Crippen LogP) is 6.06. The molecule has 3 aliphatic heterocycles. The second-order valence-electron chi connectivity index (χ2n) is 17.7. The van der Waals surface area contributed by atoms with Crippen LogP contribution in [0.5, 0.6) is 0 Å². The first-order valence-electron chi connectivity index (χ1n) is 21.2. The van der Waals surface area contributed by atoms with E-state index in [0.29, 0.717) is 84.2 Å². The van der Waals surface area contributed by atoms with Gasteiger partial charge in [0.1, 0.15) is 17.1 Å². The lowest BCUT2D eigenvalue weighted by Gasteiger charge is -2.42. The van der Waals surface area contributed by atoms with Crippen LogP contribution in [-0.2, 0) is 26.5 Å². The van der Waals surface area contributed by atoms with Crippen LogP contribution in [0.4, 0.5) is 10.3 Å². The summed E-state index contributed by atoms with van der Waals surface area (Å²) < 4.78 is 54.0. The molecule has 16 heteroatoms. The van der Waals surface area contributed by atoms with E-state index >= 15 is 4.79 Å². The number of carbonyl (C=O) groups is 1. The summed E-state index contributed by atoms with van der Waals surface area (Å²) >= 11 is 0. The molecule has 1 aliphatic carbocycles. The van der Waals surface area contributed by atoms with Gasteiger partial charge in [-0.3, -0.25) is 19.1 Å². The molecule has 0 unspecified atom stereocenters. The molecule has 4 aliphatic rings. The lowest BCUT2D eigenvalue weighted by atomic mass is 9.91. The van der Waals surface area contributed by atoms with E-state index in [1.165, 1.54) is 11.8 Å². The molecule has 3 aromatic carbocycles. The van der Waals surface area contributed by atoms with Crippen molar-refractivity contribution in [3.8, 4) is 5.69 Å². The summed E-state index contributed by atoms with van der Waals surface area (Å²) in [6.45, 7) is 9.83. The second-order valence-corrected chi connectivity index (χ2v) is 19.7. The molecule has 62 heavy (non-hydrogen) atoms. The number of anilines is 1. The fourth-order valence-electron chi connectivity index (χ4n) is 10.2. The van der Waals surface area contributed by atoms with Gasteiger partial charge in [0.15, 0.2) is 15.7 Å². The third-order valence-electron chi connectivity index (χ3n) is 13.8. The number of hydrogen-bond acceptors (Lipinski definition) is 10. The van der Waals surface area contributed by atoms with Crippen molar-refractivity contribution in [1.29, 1.82) is 0 Å². The Morgan fingerprint density at radius 2 is 1.66 bits per heavy atom. The Bertz CT molecular complexity index is 3030. The normalized spacial score (nSPS) is 21.9. The molecule has 6 aromatic rings. The lowest BCUT2D eigenvalue weighted by molar-refractivity contribution is 0.0658. The number of nitrogens with zero attached hydrogens (tertiary/aromatic N) is 6. The molecular formula is C46H48FN7O7S. The molecule has 2 saturated heterocycles. The Morgan fingerprint density at radius 1 is 0.952 bits per heavy atom. The molecule has 0 radical (unpaired) electrons. The largest absolute Gasteiger partial charge is 0.438 e. The summed E-state index contributed by atoms with van der Waals surface area (Å²) in [5, 5.41) is 5.05. The highest BCUT2D eigenvalue weighted by molar-refractivity contribution is 7.90. The predicted molar refractivity (Wildman–Crippen MR) is 230 cm³/mol. The Balaban J connectivity index is 1.06. The second kappa shape index (κ2) is 14.6. The minimum atomic E-state index is -3.42. The van der Waals surface area contributed by atoms with Crippen LogP contribution < -0.4 is 16.2 Å². The molecule has 10 rings (SSSR count). The van der Waals surface area contributed by atoms with Crippen molar-refractivity contribution in [2.45, 2.75) is 81.7 Å². The maximum absolute atomic E-state index is 15.3. The van der Waals surface area contributed by atoms with Crippen molar-refractivity contribution >= 4 is 32.6 Å². The van der Waals surface area contributed by atoms with Gasteiger partial charge in [0.05, 0.1) is 22.3 Å². The minimum absolute atomic E-state index is 0.0238. The maximum atomic E-state index is 15.3. The SMILES string of the molecule is Cc1cc(-n2c(N3CC(c4cccc(S(C)(=O)=O)c4)C3)nc3c(c2=O)CCN(C(=O)c2cc4cc(C5CCOCC5)ccc4n2[C@@]2(c4noc(=O)[nH]4)C[C@@H]2C)[C@H]3C)cc(C)c1F. The molecule has 1 amide bonds. The molecule has 14 nitrogen and oxygen atoms in total. The fourth-order valence-corrected chi connectivity index (χ4v) is 10.8. The van der Waals surface area contributed by atoms with Gasteiger partial charge in [-0.1, -0.05) is 30.3 Å². The number of ether oxygens (including phenoxy) is 1. The van der Waals surface area contributed by atoms with Crippen molar-refractivity contribution in [3.63, 3.8) is 0 Å². The summed E-state index contributed by atoms with van der Waals surface area (Å²) in [7, 11) is -3.42. The Kier molecular flexibility index (Phi) is 9.48. The fraction of sp³-hybridized carbons (Fsp3) is 0.413. The van der Waals surface area contributed by atoms with Crippen LogP contribution in [0.1, 0.15) is 101 Å². The first-order valence-corrected chi connectivity index (χ1v) is 23.1. The smallest absolute Gasteiger partial charge is 0.381 e. The summed E-state index contributed by atoms with van der Waals surface area (Å²) in [6, 6.07) is 17.9. The van der Waals surface area contributed by atoms with Gasteiger partial charge in [-0.05, 0) is 123 Å². The first kappa shape index (κ1) is 40.2. The monoisotopic (exact) mass is 861 g/mol. The summed E-state index contributed by atoms with van der Waals surface area (Å²) in [4.78, 5) is 54.4. The highest BCUT2D eigenvalue weighted by Crippen LogP contribution is 2.56. The van der Waals surface area contributed by atoms with Gasteiger partial charge in [-0.2, -0.15) is 0 Å². The van der Waals surface area contributed by atoms with Crippen LogP contribution >= 0.6 is 0 Å². The number of aromatic amines is 1. The Hall–Kier alpha value is -5.87. The van der Waals surface area contributed by atoms with Crippen LogP contribution in [0, 0.1) is 25.6 Å². The summed E-state index contributed by atoms with van der Waals surface area (Å²) in [5.74, 6) is -0.203. The molecule has 1 saturated carbocycles. The van der Waals surface area contributed by atoms with E-state index in [-0.39, 0.29) is 47.0 Å². The molecule has 0 spiro atoms. The van der Waals surface area contributed by atoms with Crippen molar-refractivity contribution in [1.82, 2.24) is 29.2 Å². The number of amides is 1. The number of nitrogens with one attached hydrogen (secondary N) is 1. The highest BCUT2D eigenvalue weighted by Gasteiger charge is 2.59. The number of benzene rings is 3. The summed E-state index contributed by atoms with van der Waals surface area (Å²) in [5.41, 5.74) is 4.46. The Labute approximate surface area is 357 Å². The molecule has 1 N–H and O–H groups in total. The van der Waals surface area contributed by atoms with E-state index in [9.17, 15) is 22.4 Å². The number of sulfone groups is 1. The van der Waals surface area contributed by atoms with Crippen LogP contribution in [0.3, 0.4) is 0 Å². The van der Waals surface area contributed by atoms with Gasteiger partial charge in [-0.25, -0.2) is 27.2 Å². The molecule has 3 aromatic heterocycles. The number of carbonyl (C=O) groups excluding carboxylic acids is 1. The number of rotatable bonds is 8. The number of halogens is 1. The van der Waals surface area contributed by atoms with Crippen molar-refractivity contribution in [2.75, 3.05) is 44.0 Å². The van der Waals surface area contributed by atoms with E-state index in [2.05, 4.69) is 35.3 Å². The van der Waals surface area contributed by atoms with Gasteiger partial charge in [0.2, 0.25) is 5.95 Å². The van der Waals surface area contributed by atoms with Gasteiger partial charge >= 0.3 is 5.76 Å². The molecule has 3 fully saturated rings. The summed E-state index contributed by atoms with van der Waals surface area (Å²) in [6.07, 6.45) is 3.88. The van der Waals surface area contributed by atoms with Gasteiger partial charge in [0, 0.05) is 61.5 Å². The first-order chi connectivity index (χ1) is 29.6. The van der Waals surface area contributed by atoms with Gasteiger partial charge in [0.25, 0.3) is 11.5 Å². The number of aryl methyl sites for hydroxylation is 2. The Morgan fingerprint density at radius 3 is 2.32 bits per heavy atom. The molecule has 6 heterocycles. The highest BCUT2D eigenvalue weighted by atomic mass is 32.2. The third-order valence-corrected chi connectivity index (χ3v) is 14.9. The maximum Gasteiger partial charge on any atom is 0.438 e. The average Bonchev–Trinajstić information content (AvgIpc) is 3.50. The standard InChI is InChI=1S/C46H48FN7O7S/c1-25-17-34(18-26(2)39(25)47)53-41(55)36-11-14-52(28(4)40(36)48-44(53)51-23-33(24-51)30-7-6-8-35(20-30)62(5,58)59)42(56)38-21-32-19-31(29-12-15-60-16-13-29)9-10-37(32)54(38)46(22-27(46)3)43-49-45(57)61-50-43/h6-10,17-21,27-29,33H,11-16,22-24H2,1-5H3,(H,49,50,57)/t27-,28-,46-/m0/s1. The topological polar surface area (TPSA) is 166 Å². The zero-order chi connectivity index (χ0) is 43.4. The number of fused-ring (bicyclic) bond motifs is 2. The molecule has 3 atom stereocenters. The van der Waals surface area contributed by atoms with Crippen LogP contribution in [0.2, 0.25) is 0 Å². The molecular weight excluding hydrogens is 814 g/mol. The van der Waals surface area contributed by atoms with E-state index in [0.717, 1.165) is 29.3 Å². The zero-order valence-electron chi connectivity index (χ0n) is 35.3. The van der Waals surface area contributed by atoms with E-state index < -0.39 is 27.2 Å². The zero-order valence-corrected chi connectivity index (χ0v) is 36.1. The number of hydrogen-bond donors (Lipinski definition) is 1. The average molecular weight is 862 g/mol. The lowest BCUT2D eigenvalue weighted by Crippen LogP contribution is -2.50. The quantitative estimate of drug-likeness (QED) is 0.190. The van der Waals surface area contributed by atoms with Crippen molar-refractivity contribution in [3.05, 3.63) is 132 Å². The number of aromatic nitrogens is 5. The van der Waals surface area contributed by atoms with E-state index in [1.54, 1.807) is 53.6 Å². The van der Waals surface area contributed by atoms with Crippen LogP contribution in [0.25, 0.3) is 16.6 Å². The third kappa shape index (κ3) is 6.43. The van der Waals surface area contributed by atoms with Crippen LogP contribution in [-0.4, -0.2) is 82.6 Å². The molecule has 0 bridgehead atoms. The molecule has 322 valence electrons.